The minimum atomic E-state index is -0.879. The number of carbonyl (C=O) groups excluding carboxylic acids is 2. The van der Waals surface area contributed by atoms with Gasteiger partial charge in [0.2, 0.25) is 0 Å². The van der Waals surface area contributed by atoms with Gasteiger partial charge in [0.25, 0.3) is 11.8 Å². The van der Waals surface area contributed by atoms with Crippen molar-refractivity contribution in [3.05, 3.63) is 59.4 Å². The van der Waals surface area contributed by atoms with E-state index in [9.17, 15) is 18.4 Å². The second kappa shape index (κ2) is 9.03. The van der Waals surface area contributed by atoms with Crippen LogP contribution in [0.3, 0.4) is 0 Å². The summed E-state index contributed by atoms with van der Waals surface area (Å²) in [6, 6.07) is 4.28. The van der Waals surface area contributed by atoms with Crippen molar-refractivity contribution in [3.8, 4) is 0 Å². The second-order valence-electron chi connectivity index (χ2n) is 5.83. The van der Waals surface area contributed by atoms with Gasteiger partial charge in [-0.1, -0.05) is 13.8 Å². The Kier molecular flexibility index (Phi) is 6.77. The molecule has 2 amide bonds. The maximum Gasteiger partial charge on any atom is 0.257 e. The number of anilines is 1. The molecule has 2 rings (SSSR count). The highest BCUT2D eigenvalue weighted by Gasteiger charge is 2.17. The number of hydrogen-bond donors (Lipinski definition) is 1. The van der Waals surface area contributed by atoms with Gasteiger partial charge >= 0.3 is 0 Å². The molecule has 0 aliphatic carbocycles. The van der Waals surface area contributed by atoms with Crippen LogP contribution in [0.4, 0.5) is 14.5 Å². The third-order valence-electron chi connectivity index (χ3n) is 3.70. The average Bonchev–Trinajstić information content (AvgIpc) is 2.63. The van der Waals surface area contributed by atoms with Gasteiger partial charge in [0.05, 0.1) is 16.8 Å². The molecule has 0 fully saturated rings. The smallest absolute Gasteiger partial charge is 0.257 e. The summed E-state index contributed by atoms with van der Waals surface area (Å²) in [5.41, 5.74) is 0.262. The molecule has 7 heteroatoms. The molecule has 0 unspecified atom stereocenters. The lowest BCUT2D eigenvalue weighted by Crippen LogP contribution is -2.32. The predicted octanol–water partition coefficient (Wildman–Crippen LogP) is 3.87. The van der Waals surface area contributed by atoms with Crippen molar-refractivity contribution in [1.29, 1.82) is 0 Å². The van der Waals surface area contributed by atoms with Crippen molar-refractivity contribution in [2.45, 2.75) is 26.7 Å². The van der Waals surface area contributed by atoms with E-state index in [1.165, 1.54) is 18.5 Å². The number of rotatable bonds is 7. The van der Waals surface area contributed by atoms with Gasteiger partial charge in [-0.2, -0.15) is 0 Å². The van der Waals surface area contributed by atoms with E-state index in [0.717, 1.165) is 25.0 Å². The van der Waals surface area contributed by atoms with Gasteiger partial charge in [0.15, 0.2) is 0 Å². The Morgan fingerprint density at radius 3 is 2.31 bits per heavy atom. The van der Waals surface area contributed by atoms with Crippen LogP contribution in [0.1, 0.15) is 47.4 Å². The standard InChI is InChI=1S/C19H21F2N3O2/c1-3-7-24(8-4-2)19(26)14-9-13(11-22-12-14)18(25)23-17-6-5-15(20)10-16(17)21/h5-6,9-12H,3-4,7-8H2,1-2H3,(H,23,25). The Balaban J connectivity index is 2.19. The number of halogens is 2. The third kappa shape index (κ3) is 4.84. The molecule has 0 saturated carbocycles. The normalized spacial score (nSPS) is 10.5. The minimum absolute atomic E-state index is 0.118. The van der Waals surface area contributed by atoms with Crippen LogP contribution in [0.5, 0.6) is 0 Å². The molecule has 1 aromatic carbocycles. The Hall–Kier alpha value is -2.83. The number of pyridine rings is 1. The fourth-order valence-electron chi connectivity index (χ4n) is 2.50. The first-order chi connectivity index (χ1) is 12.5. The zero-order valence-electron chi connectivity index (χ0n) is 14.8. The third-order valence-corrected chi connectivity index (χ3v) is 3.70. The first-order valence-electron chi connectivity index (χ1n) is 8.47. The predicted molar refractivity (Wildman–Crippen MR) is 95.0 cm³/mol. The molecule has 0 bridgehead atoms. The number of aromatic nitrogens is 1. The molecule has 1 aromatic heterocycles. The highest BCUT2D eigenvalue weighted by Crippen LogP contribution is 2.16. The number of carbonyl (C=O) groups is 2. The molecule has 5 nitrogen and oxygen atoms in total. The highest BCUT2D eigenvalue weighted by atomic mass is 19.1. The van der Waals surface area contributed by atoms with Crippen LogP contribution in [0.2, 0.25) is 0 Å². The van der Waals surface area contributed by atoms with Crippen LogP contribution in [0, 0.1) is 11.6 Å². The summed E-state index contributed by atoms with van der Waals surface area (Å²) in [6.07, 6.45) is 4.33. The molecule has 26 heavy (non-hydrogen) atoms. The molecule has 0 aliphatic heterocycles. The summed E-state index contributed by atoms with van der Waals surface area (Å²) in [4.78, 5) is 30.6. The fourth-order valence-corrected chi connectivity index (χ4v) is 2.50. The quantitative estimate of drug-likeness (QED) is 0.814. The van der Waals surface area contributed by atoms with Crippen molar-refractivity contribution in [1.82, 2.24) is 9.88 Å². The SMILES string of the molecule is CCCN(CCC)C(=O)c1cncc(C(=O)Nc2ccc(F)cc2F)c1. The molecule has 1 heterocycles. The lowest BCUT2D eigenvalue weighted by molar-refractivity contribution is 0.0755. The van der Waals surface area contributed by atoms with Crippen LogP contribution in [-0.2, 0) is 0 Å². The fraction of sp³-hybridized carbons (Fsp3) is 0.316. The summed E-state index contributed by atoms with van der Waals surface area (Å²) in [6.45, 7) is 5.19. The van der Waals surface area contributed by atoms with Crippen molar-refractivity contribution in [3.63, 3.8) is 0 Å². The van der Waals surface area contributed by atoms with Crippen LogP contribution in [-0.4, -0.2) is 34.8 Å². The largest absolute Gasteiger partial charge is 0.339 e. The monoisotopic (exact) mass is 361 g/mol. The molecule has 1 N–H and O–H groups in total. The van der Waals surface area contributed by atoms with E-state index in [0.29, 0.717) is 24.7 Å². The molecule has 0 radical (unpaired) electrons. The van der Waals surface area contributed by atoms with Crippen molar-refractivity contribution in [2.24, 2.45) is 0 Å². The average molecular weight is 361 g/mol. The molecular weight excluding hydrogens is 340 g/mol. The zero-order valence-corrected chi connectivity index (χ0v) is 14.8. The van der Waals surface area contributed by atoms with Gasteiger partial charge in [-0.25, -0.2) is 8.78 Å². The topological polar surface area (TPSA) is 62.3 Å². The molecule has 138 valence electrons. The maximum atomic E-state index is 13.7. The Labute approximate surface area is 151 Å². The van der Waals surface area contributed by atoms with Crippen LogP contribution < -0.4 is 5.32 Å². The summed E-state index contributed by atoms with van der Waals surface area (Å²) in [5.74, 6) is -2.45. The molecule has 2 aromatic rings. The molecule has 0 saturated heterocycles. The minimum Gasteiger partial charge on any atom is -0.339 e. The van der Waals surface area contributed by atoms with Gasteiger partial charge in [-0.05, 0) is 31.0 Å². The van der Waals surface area contributed by atoms with Crippen molar-refractivity contribution >= 4 is 17.5 Å². The second-order valence-corrected chi connectivity index (χ2v) is 5.83. The molecular formula is C19H21F2N3O2. The molecule has 0 spiro atoms. The number of benzene rings is 1. The highest BCUT2D eigenvalue weighted by molar-refractivity contribution is 6.05. The van der Waals surface area contributed by atoms with Crippen LogP contribution in [0.25, 0.3) is 0 Å². The van der Waals surface area contributed by atoms with E-state index in [2.05, 4.69) is 10.3 Å². The summed E-state index contributed by atoms with van der Waals surface area (Å²) in [5, 5.41) is 2.35. The van der Waals surface area contributed by atoms with E-state index >= 15 is 0 Å². The summed E-state index contributed by atoms with van der Waals surface area (Å²) >= 11 is 0. The van der Waals surface area contributed by atoms with Gasteiger partial charge < -0.3 is 10.2 Å². The number of hydrogen-bond acceptors (Lipinski definition) is 3. The van der Waals surface area contributed by atoms with E-state index in [4.69, 9.17) is 0 Å². The lowest BCUT2D eigenvalue weighted by Gasteiger charge is -2.21. The Morgan fingerprint density at radius 1 is 1.04 bits per heavy atom. The van der Waals surface area contributed by atoms with E-state index in [-0.39, 0.29) is 17.2 Å². The Bertz CT molecular complexity index is 790. The maximum absolute atomic E-state index is 13.7. The van der Waals surface area contributed by atoms with Crippen molar-refractivity contribution < 1.29 is 18.4 Å². The summed E-state index contributed by atoms with van der Waals surface area (Å²) < 4.78 is 26.6. The van der Waals surface area contributed by atoms with E-state index in [1.807, 2.05) is 13.8 Å². The first kappa shape index (κ1) is 19.5. The summed E-state index contributed by atoms with van der Waals surface area (Å²) in [7, 11) is 0. The van der Waals surface area contributed by atoms with Gasteiger partial charge in [-0.15, -0.1) is 0 Å². The Morgan fingerprint density at radius 2 is 1.69 bits per heavy atom. The van der Waals surface area contributed by atoms with Gasteiger partial charge in [-0.3, -0.25) is 14.6 Å². The molecule has 0 atom stereocenters. The van der Waals surface area contributed by atoms with E-state index < -0.39 is 17.5 Å². The van der Waals surface area contributed by atoms with Crippen molar-refractivity contribution in [2.75, 3.05) is 18.4 Å². The zero-order chi connectivity index (χ0) is 19.1. The first-order valence-corrected chi connectivity index (χ1v) is 8.47. The number of nitrogens with one attached hydrogen (secondary N) is 1. The number of amides is 2. The van der Waals surface area contributed by atoms with Gasteiger partial charge in [0.1, 0.15) is 11.6 Å². The molecule has 0 aliphatic rings. The van der Waals surface area contributed by atoms with E-state index in [1.54, 1.807) is 4.90 Å². The van der Waals surface area contributed by atoms with Crippen LogP contribution in [0.15, 0.2) is 36.7 Å². The van der Waals surface area contributed by atoms with Crippen LogP contribution >= 0.6 is 0 Å². The van der Waals surface area contributed by atoms with Gasteiger partial charge in [0, 0.05) is 31.5 Å². The lowest BCUT2D eigenvalue weighted by atomic mass is 10.1. The number of nitrogens with zero attached hydrogens (tertiary/aromatic N) is 2.